The Morgan fingerprint density at radius 3 is 2.23 bits per heavy atom. The summed E-state index contributed by atoms with van der Waals surface area (Å²) < 4.78 is 39.1. The summed E-state index contributed by atoms with van der Waals surface area (Å²) in [5, 5.41) is 9.16. The van der Waals surface area contributed by atoms with Crippen molar-refractivity contribution in [3.63, 3.8) is 0 Å². The minimum absolute atomic E-state index is 0.0571. The van der Waals surface area contributed by atoms with Crippen LogP contribution >= 0.6 is 0 Å². The van der Waals surface area contributed by atoms with E-state index >= 15 is 0 Å². The molecule has 134 valence electrons. The molecule has 0 aliphatic heterocycles. The smallest absolute Gasteiger partial charge is 0.392 e. The maximum atomic E-state index is 13.0. The molecule has 3 rings (SSSR count). The monoisotopic (exact) mass is 360 g/mol. The number of aliphatic hydroxyl groups is 1. The number of aliphatic hydroxyl groups excluding tert-OH is 1. The number of rotatable bonds is 3. The molecule has 5 N–H and O–H groups in total. The molecule has 8 heteroatoms. The first-order chi connectivity index (χ1) is 12.3. The topological polar surface area (TPSA) is 98.0 Å². The van der Waals surface area contributed by atoms with Crippen LogP contribution in [0, 0.1) is 0 Å². The van der Waals surface area contributed by atoms with E-state index < -0.39 is 11.7 Å². The fourth-order valence-corrected chi connectivity index (χ4v) is 2.61. The van der Waals surface area contributed by atoms with Crippen LogP contribution < -0.4 is 11.5 Å². The summed E-state index contributed by atoms with van der Waals surface area (Å²) >= 11 is 0. The van der Waals surface area contributed by atoms with Crippen molar-refractivity contribution >= 4 is 11.8 Å². The Morgan fingerprint density at radius 1 is 0.923 bits per heavy atom. The second-order valence-electron chi connectivity index (χ2n) is 5.62. The molecule has 0 bridgehead atoms. The highest BCUT2D eigenvalue weighted by Gasteiger charge is 2.31. The van der Waals surface area contributed by atoms with Crippen LogP contribution in [0.4, 0.5) is 24.9 Å². The van der Waals surface area contributed by atoms with Crippen molar-refractivity contribution < 1.29 is 18.3 Å². The van der Waals surface area contributed by atoms with Gasteiger partial charge in [0.05, 0.1) is 23.4 Å². The highest BCUT2D eigenvalue weighted by Crippen LogP contribution is 2.37. The average Bonchev–Trinajstić information content (AvgIpc) is 2.61. The molecule has 2 aromatic carbocycles. The highest BCUT2D eigenvalue weighted by atomic mass is 19.4. The zero-order valence-corrected chi connectivity index (χ0v) is 13.5. The zero-order valence-electron chi connectivity index (χ0n) is 13.5. The lowest BCUT2D eigenvalue weighted by molar-refractivity contribution is -0.137. The van der Waals surface area contributed by atoms with Crippen LogP contribution in [0.15, 0.2) is 48.5 Å². The lowest BCUT2D eigenvalue weighted by Crippen LogP contribution is -2.07. The van der Waals surface area contributed by atoms with E-state index in [2.05, 4.69) is 9.97 Å². The van der Waals surface area contributed by atoms with Gasteiger partial charge in [0.25, 0.3) is 0 Å². The third kappa shape index (κ3) is 3.45. The van der Waals surface area contributed by atoms with Gasteiger partial charge in [0.15, 0.2) is 0 Å². The number of anilines is 2. The van der Waals surface area contributed by atoms with Gasteiger partial charge in [-0.3, -0.25) is 0 Å². The third-order valence-corrected chi connectivity index (χ3v) is 3.84. The van der Waals surface area contributed by atoms with Gasteiger partial charge in [0.2, 0.25) is 5.95 Å². The SMILES string of the molecule is Nc1nc(N)c(-c2ccc(CO)cc2)c(-c2cccc(C(F)(F)F)c2)n1. The fourth-order valence-electron chi connectivity index (χ4n) is 2.61. The van der Waals surface area contributed by atoms with E-state index in [-0.39, 0.29) is 29.6 Å². The first-order valence-corrected chi connectivity index (χ1v) is 7.60. The van der Waals surface area contributed by atoms with E-state index in [4.69, 9.17) is 16.6 Å². The number of alkyl halides is 3. The highest BCUT2D eigenvalue weighted by molar-refractivity contribution is 5.88. The first kappa shape index (κ1) is 17.7. The summed E-state index contributed by atoms with van der Waals surface area (Å²) in [5.74, 6) is -0.0766. The molecule has 26 heavy (non-hydrogen) atoms. The van der Waals surface area contributed by atoms with Crippen molar-refractivity contribution in [1.29, 1.82) is 0 Å². The maximum Gasteiger partial charge on any atom is 0.416 e. The van der Waals surface area contributed by atoms with Gasteiger partial charge in [-0.15, -0.1) is 0 Å². The second kappa shape index (κ2) is 6.64. The summed E-state index contributed by atoms with van der Waals surface area (Å²) in [6.07, 6.45) is -4.48. The Balaban J connectivity index is 2.21. The zero-order chi connectivity index (χ0) is 18.9. The summed E-state index contributed by atoms with van der Waals surface area (Å²) in [4.78, 5) is 8.04. The predicted octanol–water partition coefficient (Wildman–Crippen LogP) is 3.49. The number of nitrogens with two attached hydrogens (primary N) is 2. The molecule has 0 atom stereocenters. The van der Waals surface area contributed by atoms with E-state index in [0.29, 0.717) is 16.7 Å². The van der Waals surface area contributed by atoms with Gasteiger partial charge in [-0.25, -0.2) is 4.98 Å². The molecule has 3 aromatic rings. The Hall–Kier alpha value is -3.13. The van der Waals surface area contributed by atoms with E-state index in [1.807, 2.05) is 0 Å². The average molecular weight is 360 g/mol. The second-order valence-corrected chi connectivity index (χ2v) is 5.62. The summed E-state index contributed by atoms with van der Waals surface area (Å²) in [6.45, 7) is -0.130. The number of aromatic nitrogens is 2. The fraction of sp³-hybridized carbons (Fsp3) is 0.111. The molecule has 0 unspecified atom stereocenters. The normalized spacial score (nSPS) is 11.5. The first-order valence-electron chi connectivity index (χ1n) is 7.60. The molecule has 0 saturated heterocycles. The van der Waals surface area contributed by atoms with Gasteiger partial charge in [-0.1, -0.05) is 36.4 Å². The van der Waals surface area contributed by atoms with Crippen LogP contribution in [0.2, 0.25) is 0 Å². The van der Waals surface area contributed by atoms with Gasteiger partial charge >= 0.3 is 6.18 Å². The van der Waals surface area contributed by atoms with Crippen LogP contribution in [-0.2, 0) is 12.8 Å². The quantitative estimate of drug-likeness (QED) is 0.664. The van der Waals surface area contributed by atoms with Gasteiger partial charge in [0.1, 0.15) is 5.82 Å². The minimum Gasteiger partial charge on any atom is -0.392 e. The molecule has 0 fully saturated rings. The largest absolute Gasteiger partial charge is 0.416 e. The summed E-state index contributed by atoms with van der Waals surface area (Å²) in [6, 6.07) is 11.5. The van der Waals surface area contributed by atoms with Crippen molar-refractivity contribution in [3.05, 3.63) is 59.7 Å². The van der Waals surface area contributed by atoms with Crippen molar-refractivity contribution in [3.8, 4) is 22.4 Å². The van der Waals surface area contributed by atoms with Crippen molar-refractivity contribution in [2.75, 3.05) is 11.5 Å². The van der Waals surface area contributed by atoms with Crippen molar-refractivity contribution in [1.82, 2.24) is 9.97 Å². The Bertz CT molecular complexity index is 940. The molecule has 1 aromatic heterocycles. The molecule has 0 spiro atoms. The predicted molar refractivity (Wildman–Crippen MR) is 92.7 cm³/mol. The lowest BCUT2D eigenvalue weighted by Gasteiger charge is -2.14. The number of hydrogen-bond donors (Lipinski definition) is 3. The van der Waals surface area contributed by atoms with Crippen LogP contribution in [0.25, 0.3) is 22.4 Å². The van der Waals surface area contributed by atoms with Gasteiger partial charge < -0.3 is 16.6 Å². The van der Waals surface area contributed by atoms with Gasteiger partial charge in [0, 0.05) is 5.56 Å². The van der Waals surface area contributed by atoms with Gasteiger partial charge in [-0.2, -0.15) is 18.2 Å². The number of nitrogen functional groups attached to an aromatic ring is 2. The maximum absolute atomic E-state index is 13.0. The van der Waals surface area contributed by atoms with E-state index in [0.717, 1.165) is 12.1 Å². The molecule has 1 heterocycles. The molecule has 0 aliphatic carbocycles. The van der Waals surface area contributed by atoms with Crippen molar-refractivity contribution in [2.24, 2.45) is 0 Å². The molecule has 5 nitrogen and oxygen atoms in total. The van der Waals surface area contributed by atoms with E-state index in [9.17, 15) is 13.2 Å². The van der Waals surface area contributed by atoms with Crippen LogP contribution in [0.1, 0.15) is 11.1 Å². The Labute approximate surface area is 147 Å². The van der Waals surface area contributed by atoms with Gasteiger partial charge in [-0.05, 0) is 23.3 Å². The number of halogens is 3. The number of hydrogen-bond acceptors (Lipinski definition) is 5. The molecule has 0 aliphatic rings. The number of nitrogens with zero attached hydrogens (tertiary/aromatic N) is 2. The standard InChI is InChI=1S/C18H15F3N4O/c19-18(20,21)13-3-1-2-12(8-13)15-14(16(22)25-17(23)24-15)11-6-4-10(9-26)5-7-11/h1-8,26H,9H2,(H4,22,23,24,25). The van der Waals surface area contributed by atoms with Crippen LogP contribution in [-0.4, -0.2) is 15.1 Å². The van der Waals surface area contributed by atoms with Crippen LogP contribution in [0.5, 0.6) is 0 Å². The minimum atomic E-state index is -4.48. The van der Waals surface area contributed by atoms with E-state index in [1.54, 1.807) is 24.3 Å². The van der Waals surface area contributed by atoms with Crippen LogP contribution in [0.3, 0.4) is 0 Å². The lowest BCUT2D eigenvalue weighted by atomic mass is 9.97. The third-order valence-electron chi connectivity index (χ3n) is 3.84. The van der Waals surface area contributed by atoms with Crippen molar-refractivity contribution in [2.45, 2.75) is 12.8 Å². The molecular weight excluding hydrogens is 345 g/mol. The Kier molecular flexibility index (Phi) is 4.52. The Morgan fingerprint density at radius 2 is 1.62 bits per heavy atom. The molecule has 0 radical (unpaired) electrons. The van der Waals surface area contributed by atoms with E-state index in [1.165, 1.54) is 12.1 Å². The molecular formula is C18H15F3N4O. The molecule has 0 amide bonds. The summed E-state index contributed by atoms with van der Waals surface area (Å²) in [5.41, 5.74) is 12.9. The molecule has 0 saturated carbocycles. The summed E-state index contributed by atoms with van der Waals surface area (Å²) in [7, 11) is 0. The number of benzene rings is 2.